The highest BCUT2D eigenvalue weighted by Gasteiger charge is 2.30. The molecule has 0 spiro atoms. The third kappa shape index (κ3) is 4.36. The molecular weight excluding hydrogens is 358 g/mol. The van der Waals surface area contributed by atoms with Gasteiger partial charge in [0.25, 0.3) is 5.22 Å². The van der Waals surface area contributed by atoms with Gasteiger partial charge in [-0.1, -0.05) is 36.4 Å². The van der Waals surface area contributed by atoms with Gasteiger partial charge in [0.1, 0.15) is 0 Å². The number of piperidine rings is 1. The number of hydrogen-bond donors (Lipinski definition) is 0. The van der Waals surface area contributed by atoms with Gasteiger partial charge < -0.3 is 9.32 Å². The number of rotatable bonds is 5. The maximum Gasteiger partial charge on any atom is 0.277 e. The normalized spacial score (nSPS) is 19.0. The summed E-state index contributed by atoms with van der Waals surface area (Å²) in [5, 5.41) is 8.89. The van der Waals surface area contributed by atoms with Crippen LogP contribution >= 0.6 is 23.4 Å². The summed E-state index contributed by atoms with van der Waals surface area (Å²) < 4.78 is 5.70. The molecule has 0 radical (unpaired) electrons. The minimum atomic E-state index is -0.250. The van der Waals surface area contributed by atoms with Crippen LogP contribution in [-0.2, 0) is 4.79 Å². The Kier molecular flexibility index (Phi) is 6.02. The van der Waals surface area contributed by atoms with Crippen LogP contribution in [0, 0.1) is 0 Å². The molecule has 0 N–H and O–H groups in total. The Morgan fingerprint density at radius 3 is 3.04 bits per heavy atom. The first-order chi connectivity index (χ1) is 12.1. The number of carbonyl (C=O) groups is 1. The molecule has 1 aromatic carbocycles. The predicted octanol–water partition coefficient (Wildman–Crippen LogP) is 4.66. The molecule has 1 fully saturated rings. The van der Waals surface area contributed by atoms with Crippen LogP contribution in [0.25, 0.3) is 11.5 Å². The molecule has 2 unspecified atom stereocenters. The van der Waals surface area contributed by atoms with Gasteiger partial charge in [0, 0.05) is 23.2 Å². The topological polar surface area (TPSA) is 59.2 Å². The van der Waals surface area contributed by atoms with Crippen molar-refractivity contribution in [3.05, 3.63) is 29.3 Å². The molecule has 0 aliphatic carbocycles. The highest BCUT2D eigenvalue weighted by Crippen LogP contribution is 2.29. The molecule has 1 saturated heterocycles. The summed E-state index contributed by atoms with van der Waals surface area (Å²) in [4.78, 5) is 14.8. The summed E-state index contributed by atoms with van der Waals surface area (Å²) in [6, 6.07) is 7.62. The van der Waals surface area contributed by atoms with Crippen LogP contribution in [0.2, 0.25) is 5.02 Å². The molecular formula is C18H22ClN3O2S. The number of benzene rings is 1. The fraction of sp³-hybridized carbons (Fsp3) is 0.500. The fourth-order valence-electron chi connectivity index (χ4n) is 3.15. The summed E-state index contributed by atoms with van der Waals surface area (Å²) in [5.41, 5.74) is 0.771. The Bertz CT molecular complexity index is 737. The average molecular weight is 380 g/mol. The number of amides is 1. The molecule has 5 nitrogen and oxygen atoms in total. The molecule has 2 heterocycles. The van der Waals surface area contributed by atoms with Crippen LogP contribution in [-0.4, -0.2) is 38.8 Å². The number of aromatic nitrogens is 2. The summed E-state index contributed by atoms with van der Waals surface area (Å²) in [7, 11) is 0. The Morgan fingerprint density at radius 1 is 1.44 bits per heavy atom. The Morgan fingerprint density at radius 2 is 2.28 bits per heavy atom. The lowest BCUT2D eigenvalue weighted by molar-refractivity contribution is -0.134. The van der Waals surface area contributed by atoms with Crippen molar-refractivity contribution in [2.45, 2.75) is 56.0 Å². The lowest BCUT2D eigenvalue weighted by Crippen LogP contribution is -2.46. The number of halogens is 1. The van der Waals surface area contributed by atoms with E-state index in [-0.39, 0.29) is 11.2 Å². The summed E-state index contributed by atoms with van der Waals surface area (Å²) in [6.07, 6.45) is 4.39. The van der Waals surface area contributed by atoms with Crippen LogP contribution in [0.4, 0.5) is 0 Å². The monoisotopic (exact) mass is 379 g/mol. The van der Waals surface area contributed by atoms with Gasteiger partial charge >= 0.3 is 0 Å². The van der Waals surface area contributed by atoms with Crippen molar-refractivity contribution in [1.82, 2.24) is 15.1 Å². The van der Waals surface area contributed by atoms with E-state index in [9.17, 15) is 4.79 Å². The molecule has 1 aliphatic rings. The van der Waals surface area contributed by atoms with E-state index >= 15 is 0 Å². The Labute approximate surface area is 157 Å². The largest absolute Gasteiger partial charge is 0.411 e. The second kappa shape index (κ2) is 8.23. The summed E-state index contributed by atoms with van der Waals surface area (Å²) >= 11 is 7.31. The number of nitrogens with zero attached hydrogens (tertiary/aromatic N) is 3. The van der Waals surface area contributed by atoms with Crippen LogP contribution in [0.3, 0.4) is 0 Å². The van der Waals surface area contributed by atoms with Crippen LogP contribution in [0.15, 0.2) is 33.9 Å². The van der Waals surface area contributed by atoms with Crippen molar-refractivity contribution in [3.8, 4) is 11.5 Å². The minimum Gasteiger partial charge on any atom is -0.411 e. The van der Waals surface area contributed by atoms with E-state index in [1.807, 2.05) is 24.0 Å². The molecule has 25 heavy (non-hydrogen) atoms. The maximum atomic E-state index is 12.8. The molecule has 2 atom stereocenters. The maximum absolute atomic E-state index is 12.8. The molecule has 134 valence electrons. The van der Waals surface area contributed by atoms with Gasteiger partial charge in [0.15, 0.2) is 0 Å². The van der Waals surface area contributed by atoms with Gasteiger partial charge in [-0.3, -0.25) is 4.79 Å². The van der Waals surface area contributed by atoms with Crippen molar-refractivity contribution < 1.29 is 9.21 Å². The second-order valence-corrected chi connectivity index (χ2v) is 7.96. The van der Waals surface area contributed by atoms with Crippen molar-refractivity contribution >= 4 is 29.3 Å². The lowest BCUT2D eigenvalue weighted by Gasteiger charge is -2.36. The van der Waals surface area contributed by atoms with Gasteiger partial charge in [0.05, 0.1) is 5.25 Å². The SMILES string of the molecule is CCC1CCCCN1C(=O)C(C)Sc1nnc(-c2cccc(Cl)c2)o1. The van der Waals surface area contributed by atoms with Gasteiger partial charge in [-0.15, -0.1) is 10.2 Å². The van der Waals surface area contributed by atoms with E-state index in [0.29, 0.717) is 22.2 Å². The van der Waals surface area contributed by atoms with E-state index in [0.717, 1.165) is 31.4 Å². The number of carbonyl (C=O) groups excluding carboxylic acids is 1. The Hall–Kier alpha value is -1.53. The first-order valence-corrected chi connectivity index (χ1v) is 9.91. The van der Waals surface area contributed by atoms with E-state index in [2.05, 4.69) is 17.1 Å². The highest BCUT2D eigenvalue weighted by molar-refractivity contribution is 8.00. The number of thioether (sulfide) groups is 1. The molecule has 0 bridgehead atoms. The van der Waals surface area contributed by atoms with Gasteiger partial charge in [0.2, 0.25) is 11.8 Å². The lowest BCUT2D eigenvalue weighted by atomic mass is 10.00. The van der Waals surface area contributed by atoms with Crippen LogP contribution < -0.4 is 0 Å². The van der Waals surface area contributed by atoms with Crippen molar-refractivity contribution in [2.75, 3.05) is 6.54 Å². The van der Waals surface area contributed by atoms with Crippen LogP contribution in [0.1, 0.15) is 39.5 Å². The number of likely N-dealkylation sites (tertiary alicyclic amines) is 1. The van der Waals surface area contributed by atoms with E-state index in [1.165, 1.54) is 18.2 Å². The molecule has 1 aromatic heterocycles. The smallest absolute Gasteiger partial charge is 0.277 e. The van der Waals surface area contributed by atoms with Crippen molar-refractivity contribution in [3.63, 3.8) is 0 Å². The van der Waals surface area contributed by atoms with E-state index in [1.54, 1.807) is 12.1 Å². The zero-order chi connectivity index (χ0) is 17.8. The minimum absolute atomic E-state index is 0.152. The van der Waals surface area contributed by atoms with Crippen molar-refractivity contribution in [2.24, 2.45) is 0 Å². The first kappa shape index (κ1) is 18.3. The summed E-state index contributed by atoms with van der Waals surface area (Å²) in [5.74, 6) is 0.563. The second-order valence-electron chi connectivity index (χ2n) is 6.23. The number of hydrogen-bond acceptors (Lipinski definition) is 5. The molecule has 2 aromatic rings. The third-order valence-electron chi connectivity index (χ3n) is 4.48. The first-order valence-electron chi connectivity index (χ1n) is 8.65. The van der Waals surface area contributed by atoms with E-state index < -0.39 is 0 Å². The molecule has 3 rings (SSSR count). The van der Waals surface area contributed by atoms with E-state index in [4.69, 9.17) is 16.0 Å². The molecule has 7 heteroatoms. The van der Waals surface area contributed by atoms with Gasteiger partial charge in [-0.05, 0) is 50.8 Å². The standard InChI is InChI=1S/C18H22ClN3O2S/c1-3-15-9-4-5-10-22(15)17(23)12(2)25-18-21-20-16(24-18)13-7-6-8-14(19)11-13/h6-8,11-12,15H,3-5,9-10H2,1-2H3. The van der Waals surface area contributed by atoms with Gasteiger partial charge in [-0.2, -0.15) is 0 Å². The predicted molar refractivity (Wildman–Crippen MR) is 99.7 cm³/mol. The van der Waals surface area contributed by atoms with Crippen molar-refractivity contribution in [1.29, 1.82) is 0 Å². The molecule has 1 aliphatic heterocycles. The summed E-state index contributed by atoms with van der Waals surface area (Å²) in [6.45, 7) is 4.89. The average Bonchev–Trinajstić information content (AvgIpc) is 3.09. The molecule has 0 saturated carbocycles. The fourth-order valence-corrected chi connectivity index (χ4v) is 4.09. The van der Waals surface area contributed by atoms with Gasteiger partial charge in [-0.25, -0.2) is 0 Å². The third-order valence-corrected chi connectivity index (χ3v) is 5.64. The zero-order valence-corrected chi connectivity index (χ0v) is 16.0. The Balaban J connectivity index is 1.67. The highest BCUT2D eigenvalue weighted by atomic mass is 35.5. The zero-order valence-electron chi connectivity index (χ0n) is 14.4. The molecule has 1 amide bonds. The van der Waals surface area contributed by atoms with Crippen LogP contribution in [0.5, 0.6) is 0 Å². The quantitative estimate of drug-likeness (QED) is 0.707.